The first kappa shape index (κ1) is 10.2. The summed E-state index contributed by atoms with van der Waals surface area (Å²) >= 11 is 0. The molecule has 3 N–H and O–H groups in total. The lowest BCUT2D eigenvalue weighted by Crippen LogP contribution is -2.22. The molecule has 0 fully saturated rings. The van der Waals surface area contributed by atoms with Gasteiger partial charge in [0.05, 0.1) is 22.6 Å². The van der Waals surface area contributed by atoms with Crippen LogP contribution < -0.4 is 5.32 Å². The van der Waals surface area contributed by atoms with Crippen LogP contribution in [-0.2, 0) is 6.42 Å². The van der Waals surface area contributed by atoms with Gasteiger partial charge in [0.2, 0.25) is 0 Å². The zero-order chi connectivity index (χ0) is 31.2. The van der Waals surface area contributed by atoms with Crippen LogP contribution in [0.2, 0.25) is 0 Å². The molecule has 0 spiro atoms. The van der Waals surface area contributed by atoms with Crippen LogP contribution in [-0.4, -0.2) is 29.2 Å². The van der Waals surface area contributed by atoms with E-state index in [-0.39, 0.29) is 45.5 Å². The number of carboxylic acid groups (broad SMARTS) is 1. The average molecular weight is 402 g/mol. The van der Waals surface area contributed by atoms with E-state index < -0.39 is 74.2 Å². The zero-order valence-corrected chi connectivity index (χ0v) is 15.6. The number of rotatable bonds is 9. The third-order valence-corrected chi connectivity index (χ3v) is 3.91. The van der Waals surface area contributed by atoms with E-state index in [1.54, 1.807) is 0 Å². The minimum absolute atomic E-state index is 0.0399. The summed E-state index contributed by atoms with van der Waals surface area (Å²) in [5.74, 6) is -1.27. The molecule has 0 aliphatic carbocycles. The molecule has 0 saturated carbocycles. The normalized spacial score (nSPS) is 18.8. The first-order chi connectivity index (χ1) is 18.8. The number of benzene rings is 3. The molecule has 0 aromatic heterocycles. The van der Waals surface area contributed by atoms with Gasteiger partial charge in [0.25, 0.3) is 0 Å². The summed E-state index contributed by atoms with van der Waals surface area (Å²) in [6, 6.07) is 1.01. The molecule has 0 amide bonds. The van der Waals surface area contributed by atoms with Gasteiger partial charge >= 0.3 is 5.97 Å². The van der Waals surface area contributed by atoms with Crippen molar-refractivity contribution in [3.63, 3.8) is 0 Å². The van der Waals surface area contributed by atoms with E-state index in [9.17, 15) is 15.0 Å². The van der Waals surface area contributed by atoms with E-state index in [1.165, 1.54) is 31.2 Å². The topological polar surface area (TPSA) is 69.6 Å². The van der Waals surface area contributed by atoms with Crippen LogP contribution in [0.1, 0.15) is 56.0 Å². The van der Waals surface area contributed by atoms with E-state index >= 15 is 0 Å². The molecule has 0 aliphatic heterocycles. The standard InChI is InChI=1S/C25H27NO3/c1-18-6-2-11-22(14-18)24(27)17-26-13-5-8-19-7-3-9-20(15-19)21-10-4-12-23(16-21)25(28)29/h2-4,6-7,9-12,14-16,24,26-27H,5,8,13,17H2,1H3,(H,28,29)/t24-/m0/s1/i2D,3D,5D2,6D,7D,9D,11D,13D2,14D,15D. The Morgan fingerprint density at radius 2 is 2.00 bits per heavy atom. The van der Waals surface area contributed by atoms with Crippen LogP contribution in [0.4, 0.5) is 0 Å². The molecule has 0 unspecified atom stereocenters. The number of carboxylic acids is 1. The Labute approximate surface area is 188 Å². The summed E-state index contributed by atoms with van der Waals surface area (Å²) in [5, 5.41) is 22.2. The summed E-state index contributed by atoms with van der Waals surface area (Å²) in [4.78, 5) is 11.4. The molecule has 3 aromatic rings. The number of carbonyl (C=O) groups is 1. The third kappa shape index (κ3) is 6.01. The van der Waals surface area contributed by atoms with Crippen molar-refractivity contribution in [1.29, 1.82) is 0 Å². The molecular formula is C25H27NO3. The molecule has 0 aliphatic rings. The Morgan fingerprint density at radius 3 is 2.83 bits per heavy atom. The van der Waals surface area contributed by atoms with E-state index in [1.807, 2.05) is 0 Å². The quantitative estimate of drug-likeness (QED) is 0.489. The first-order valence-electron chi connectivity index (χ1n) is 14.8. The highest BCUT2D eigenvalue weighted by Gasteiger charge is 2.07. The van der Waals surface area contributed by atoms with Gasteiger partial charge in [-0.1, -0.05) is 66.0 Å². The highest BCUT2D eigenvalue weighted by molar-refractivity contribution is 5.89. The molecule has 0 saturated heterocycles. The Balaban J connectivity index is 1.96. The van der Waals surface area contributed by atoms with Crippen molar-refractivity contribution in [2.45, 2.75) is 25.8 Å². The largest absolute Gasteiger partial charge is 0.478 e. The Kier molecular flexibility index (Phi) is 3.52. The predicted molar refractivity (Wildman–Crippen MR) is 116 cm³/mol. The van der Waals surface area contributed by atoms with Crippen molar-refractivity contribution in [1.82, 2.24) is 5.32 Å². The van der Waals surface area contributed by atoms with Gasteiger partial charge < -0.3 is 15.5 Å². The van der Waals surface area contributed by atoms with Crippen LogP contribution in [0.3, 0.4) is 0 Å². The maximum absolute atomic E-state index is 11.4. The lowest BCUT2D eigenvalue weighted by molar-refractivity contribution is 0.0697. The molecule has 1 atom stereocenters. The molecule has 0 bridgehead atoms. The highest BCUT2D eigenvalue weighted by atomic mass is 16.4. The van der Waals surface area contributed by atoms with Gasteiger partial charge in [-0.3, -0.25) is 0 Å². The van der Waals surface area contributed by atoms with Gasteiger partial charge in [-0.15, -0.1) is 0 Å². The lowest BCUT2D eigenvalue weighted by Gasteiger charge is -2.13. The van der Waals surface area contributed by atoms with Crippen molar-refractivity contribution in [2.24, 2.45) is 0 Å². The molecule has 3 aromatic carbocycles. The molecule has 3 rings (SSSR count). The van der Waals surface area contributed by atoms with Crippen molar-refractivity contribution in [2.75, 3.05) is 13.0 Å². The zero-order valence-electron chi connectivity index (χ0n) is 27.6. The van der Waals surface area contributed by atoms with Gasteiger partial charge in [-0.05, 0) is 60.6 Å². The number of aliphatic hydroxyl groups is 1. The number of hydrogen-bond acceptors (Lipinski definition) is 3. The molecule has 0 radical (unpaired) electrons. The molecule has 150 valence electrons. The van der Waals surface area contributed by atoms with Gasteiger partial charge in [0.15, 0.2) is 0 Å². The monoisotopic (exact) mass is 401 g/mol. The first-order valence-corrected chi connectivity index (χ1v) is 8.76. The summed E-state index contributed by atoms with van der Waals surface area (Å²) in [6.07, 6.45) is -5.49. The average Bonchev–Trinajstić information content (AvgIpc) is 2.91. The number of nitrogens with one attached hydrogen (secondary N) is 1. The fraction of sp³-hybridized carbons (Fsp3) is 0.240. The van der Waals surface area contributed by atoms with Crippen LogP contribution in [0.15, 0.2) is 72.6 Å². The second-order valence-electron chi connectivity index (χ2n) is 6.15. The summed E-state index contributed by atoms with van der Waals surface area (Å²) < 4.78 is 98.7. The van der Waals surface area contributed by atoms with E-state index in [4.69, 9.17) is 16.4 Å². The van der Waals surface area contributed by atoms with Crippen molar-refractivity contribution < 1.29 is 31.5 Å². The molecule has 0 heterocycles. The van der Waals surface area contributed by atoms with Gasteiger partial charge in [-0.25, -0.2) is 4.79 Å². The fourth-order valence-corrected chi connectivity index (χ4v) is 2.49. The van der Waals surface area contributed by atoms with Gasteiger partial charge in [0, 0.05) is 12.0 Å². The minimum Gasteiger partial charge on any atom is -0.478 e. The molecule has 4 nitrogen and oxygen atoms in total. The van der Waals surface area contributed by atoms with E-state index in [0.717, 1.165) is 0 Å². The number of hydrogen-bond donors (Lipinski definition) is 3. The Morgan fingerprint density at radius 1 is 1.17 bits per heavy atom. The Hall–Kier alpha value is -2.95. The number of aromatic carboxylic acids is 1. The fourth-order valence-electron chi connectivity index (χ4n) is 2.49. The van der Waals surface area contributed by atoms with Crippen LogP contribution >= 0.6 is 0 Å². The molecule has 4 heteroatoms. The van der Waals surface area contributed by atoms with Crippen molar-refractivity contribution in [3.05, 3.63) is 94.9 Å². The SMILES string of the molecule is [2H]c1c([2H])c(CC([2H])([2H])C([2H])([2H])NC[C@H](O)c2c([2H])c([2H])c([2H])c(C)c2[2H])c([2H])c(-c2cccc(C(=O)O)c2)c1[2H]. The maximum Gasteiger partial charge on any atom is 0.335 e. The lowest BCUT2D eigenvalue weighted by atomic mass is 9.99. The highest BCUT2D eigenvalue weighted by Crippen LogP contribution is 2.22. The second-order valence-corrected chi connectivity index (χ2v) is 6.15. The smallest absolute Gasteiger partial charge is 0.335 e. The van der Waals surface area contributed by atoms with Crippen LogP contribution in [0.5, 0.6) is 0 Å². The van der Waals surface area contributed by atoms with Gasteiger partial charge in [0.1, 0.15) is 0 Å². The van der Waals surface area contributed by atoms with Crippen LogP contribution in [0.25, 0.3) is 11.1 Å². The van der Waals surface area contributed by atoms with Gasteiger partial charge in [-0.2, -0.15) is 0 Å². The molecular weight excluding hydrogens is 362 g/mol. The summed E-state index contributed by atoms with van der Waals surface area (Å²) in [7, 11) is 0. The van der Waals surface area contributed by atoms with E-state index in [0.29, 0.717) is 0 Å². The second kappa shape index (κ2) is 10.0. The Bertz CT molecular complexity index is 1500. The van der Waals surface area contributed by atoms with Crippen molar-refractivity contribution in [3.8, 4) is 11.1 Å². The predicted octanol–water partition coefficient (Wildman–Crippen LogP) is 4.62. The van der Waals surface area contributed by atoms with Crippen LogP contribution in [0, 0.1) is 6.92 Å². The third-order valence-electron chi connectivity index (χ3n) is 3.91. The summed E-state index contributed by atoms with van der Waals surface area (Å²) in [6.45, 7) is -2.25. The van der Waals surface area contributed by atoms with Crippen molar-refractivity contribution >= 4 is 5.97 Å². The summed E-state index contributed by atoms with van der Waals surface area (Å²) in [5.41, 5.74) is -0.963. The molecule has 29 heavy (non-hydrogen) atoms. The maximum atomic E-state index is 11.4. The minimum atomic E-state index is -2.93. The van der Waals surface area contributed by atoms with E-state index in [2.05, 4.69) is 5.32 Å². The number of aliphatic hydroxyl groups excluding tert-OH is 1.